The molecule has 0 amide bonds. The van der Waals surface area contributed by atoms with Gasteiger partial charge in [-0.3, -0.25) is 9.59 Å². The summed E-state index contributed by atoms with van der Waals surface area (Å²) in [6.07, 6.45) is 28.4. The molecule has 258 valence electrons. The van der Waals surface area contributed by atoms with E-state index < -0.39 is 22.4 Å². The normalized spacial score (nSPS) is 13.6. The second kappa shape index (κ2) is 38.6. The zero-order valence-electron chi connectivity index (χ0n) is 29.4. The quantitative estimate of drug-likeness (QED) is 0.0365. The molecule has 0 aromatic carbocycles. The Bertz CT molecular complexity index is 531. The van der Waals surface area contributed by atoms with Gasteiger partial charge >= 0.3 is 133 Å². The number of unbranched alkanes of at least 4 members (excludes halogenated alkanes) is 12. The van der Waals surface area contributed by atoms with Crippen molar-refractivity contribution in [1.29, 1.82) is 0 Å². The third-order valence-corrected chi connectivity index (χ3v) is 13.1. The second-order valence-corrected chi connectivity index (χ2v) is 17.8. The maximum atomic E-state index is 10.5. The van der Waals surface area contributed by atoms with E-state index in [2.05, 4.69) is 66.8 Å². The average molecular weight is 754 g/mol. The van der Waals surface area contributed by atoms with Crippen molar-refractivity contribution < 1.29 is 19.8 Å². The minimum atomic E-state index is -0.793. The summed E-state index contributed by atoms with van der Waals surface area (Å²) in [6.45, 7) is 13.1. The first-order valence-electron chi connectivity index (χ1n) is 18.2. The van der Waals surface area contributed by atoms with Crippen molar-refractivity contribution in [1.82, 2.24) is 0 Å². The summed E-state index contributed by atoms with van der Waals surface area (Å²) in [5.74, 6) is -0.534. The van der Waals surface area contributed by atoms with Crippen LogP contribution in [-0.4, -0.2) is 53.8 Å². The first kappa shape index (κ1) is 47.8. The van der Waals surface area contributed by atoms with Gasteiger partial charge in [-0.05, 0) is 24.7 Å². The van der Waals surface area contributed by atoms with Crippen LogP contribution in [0.5, 0.6) is 0 Å². The van der Waals surface area contributed by atoms with Crippen molar-refractivity contribution in [2.75, 3.05) is 0 Å². The second-order valence-electron chi connectivity index (χ2n) is 12.3. The standard InChI is InChI=1S/2C10H20O2S.2C8H17.Sn/c2*1-3-5-6-8(4-2)7-9(13)10(11)12;2*1-3-5-7-8-6-4-2;/h2*8-9,13H,3-7H2,1-2H3,(H,11,12);2*1,3-8H2,2H3;. The van der Waals surface area contributed by atoms with Crippen molar-refractivity contribution >= 4 is 58.3 Å². The van der Waals surface area contributed by atoms with Crippen LogP contribution in [0, 0.1) is 11.8 Å². The molecule has 0 aliphatic rings. The van der Waals surface area contributed by atoms with Crippen molar-refractivity contribution in [2.24, 2.45) is 11.8 Å². The van der Waals surface area contributed by atoms with Gasteiger partial charge < -0.3 is 10.2 Å². The van der Waals surface area contributed by atoms with Crippen LogP contribution < -0.4 is 0 Å². The van der Waals surface area contributed by atoms with Gasteiger partial charge in [0.25, 0.3) is 0 Å². The van der Waals surface area contributed by atoms with Gasteiger partial charge in [0.15, 0.2) is 0 Å². The van der Waals surface area contributed by atoms with E-state index in [4.69, 9.17) is 10.2 Å². The molecule has 0 aliphatic heterocycles. The van der Waals surface area contributed by atoms with E-state index >= 15 is 0 Å². The molecule has 4 atom stereocenters. The van der Waals surface area contributed by atoms with Gasteiger partial charge in [0.2, 0.25) is 0 Å². The number of aliphatic carboxylic acids is 2. The third-order valence-electron chi connectivity index (χ3n) is 8.18. The molecule has 0 rings (SSSR count). The summed E-state index contributed by atoms with van der Waals surface area (Å²) < 4.78 is 3.31. The molecule has 0 heterocycles. The molecular formula is C36H74O4S2Sn. The van der Waals surface area contributed by atoms with Crippen LogP contribution in [0.15, 0.2) is 0 Å². The summed E-state index contributed by atoms with van der Waals surface area (Å²) in [6, 6.07) is 0. The van der Waals surface area contributed by atoms with Crippen LogP contribution in [0.3, 0.4) is 0 Å². The van der Waals surface area contributed by atoms with Crippen molar-refractivity contribution in [3.05, 3.63) is 0 Å². The zero-order chi connectivity index (χ0) is 33.1. The van der Waals surface area contributed by atoms with Gasteiger partial charge in [-0.25, -0.2) is 0 Å². The average Bonchev–Trinajstić information content (AvgIpc) is 3.00. The first-order valence-corrected chi connectivity index (χ1v) is 23.2. The van der Waals surface area contributed by atoms with E-state index in [1.165, 1.54) is 89.9 Å². The van der Waals surface area contributed by atoms with Crippen LogP contribution >= 0.6 is 25.3 Å². The molecular weight excluding hydrogens is 679 g/mol. The summed E-state index contributed by atoms with van der Waals surface area (Å²) in [7, 11) is 0. The van der Waals surface area contributed by atoms with Gasteiger partial charge in [-0.1, -0.05) is 79.1 Å². The summed E-state index contributed by atoms with van der Waals surface area (Å²) in [4.78, 5) is 21.1. The Morgan fingerprint density at radius 3 is 1.09 bits per heavy atom. The molecule has 0 saturated heterocycles. The van der Waals surface area contributed by atoms with Crippen LogP contribution in [0.4, 0.5) is 0 Å². The topological polar surface area (TPSA) is 74.6 Å². The molecule has 0 fully saturated rings. The van der Waals surface area contributed by atoms with E-state index in [9.17, 15) is 9.59 Å². The fourth-order valence-electron chi connectivity index (χ4n) is 4.98. The molecule has 4 nitrogen and oxygen atoms in total. The molecule has 0 bridgehead atoms. The fourth-order valence-corrected chi connectivity index (χ4v) is 9.15. The monoisotopic (exact) mass is 754 g/mol. The van der Waals surface area contributed by atoms with E-state index in [-0.39, 0.29) is 21.1 Å². The van der Waals surface area contributed by atoms with E-state index in [1.807, 2.05) is 0 Å². The van der Waals surface area contributed by atoms with E-state index in [0.717, 1.165) is 25.7 Å². The molecule has 0 spiro atoms. The van der Waals surface area contributed by atoms with Crippen molar-refractivity contribution in [2.45, 2.75) is 202 Å². The number of carbonyl (C=O) groups is 2. The van der Waals surface area contributed by atoms with Crippen LogP contribution in [0.2, 0.25) is 8.87 Å². The number of carboxylic acids is 2. The summed E-state index contributed by atoms with van der Waals surface area (Å²) in [5.41, 5.74) is 0. The Balaban J connectivity index is -0.000000566. The third kappa shape index (κ3) is 38.5. The van der Waals surface area contributed by atoms with E-state index in [0.29, 0.717) is 24.7 Å². The van der Waals surface area contributed by atoms with Gasteiger partial charge in [0.05, 0.1) is 10.5 Å². The number of carboxylic acid groups (broad SMARTS) is 2. The minimum absolute atomic E-state index is 0.0736. The number of thiol groups is 2. The molecule has 4 unspecified atom stereocenters. The van der Waals surface area contributed by atoms with Crippen LogP contribution in [-0.2, 0) is 9.59 Å². The molecule has 2 radical (unpaired) electrons. The summed E-state index contributed by atoms with van der Waals surface area (Å²) >= 11 is 8.16. The van der Waals surface area contributed by atoms with Crippen LogP contribution in [0.25, 0.3) is 0 Å². The molecule has 43 heavy (non-hydrogen) atoms. The Kier molecular flexibility index (Phi) is 43.0. The van der Waals surface area contributed by atoms with Gasteiger partial charge in [0, 0.05) is 0 Å². The fraction of sp³-hybridized carbons (Fsp3) is 0.944. The molecule has 7 heteroatoms. The Morgan fingerprint density at radius 2 is 0.814 bits per heavy atom. The summed E-state index contributed by atoms with van der Waals surface area (Å²) in [5, 5.41) is 16.4. The first-order chi connectivity index (χ1) is 20.6. The molecule has 0 aliphatic carbocycles. The van der Waals surface area contributed by atoms with Crippen LogP contribution in [0.1, 0.15) is 183 Å². The maximum absolute atomic E-state index is 10.5. The number of hydrogen-bond acceptors (Lipinski definition) is 4. The predicted molar refractivity (Wildman–Crippen MR) is 199 cm³/mol. The molecule has 0 aromatic rings. The number of rotatable bonds is 28. The SMILES string of the molecule is CCCCC(CC)CC(S)C(=O)O.CCCCC(CC)CC(S)C(=O)O.CCCCCCC[CH2][Sn][CH2]CCCCCCC. The van der Waals surface area contributed by atoms with Crippen molar-refractivity contribution in [3.8, 4) is 0 Å². The number of hydrogen-bond donors (Lipinski definition) is 4. The molecule has 0 saturated carbocycles. The Morgan fingerprint density at radius 1 is 0.512 bits per heavy atom. The van der Waals surface area contributed by atoms with E-state index in [1.54, 1.807) is 21.7 Å². The van der Waals surface area contributed by atoms with Gasteiger partial charge in [0.1, 0.15) is 0 Å². The zero-order valence-corrected chi connectivity index (χ0v) is 34.0. The predicted octanol–water partition coefficient (Wildman–Crippen LogP) is 12.2. The Hall–Kier alpha value is 0.439. The Labute approximate surface area is 290 Å². The van der Waals surface area contributed by atoms with Gasteiger partial charge in [-0.2, -0.15) is 25.3 Å². The van der Waals surface area contributed by atoms with Crippen molar-refractivity contribution in [3.63, 3.8) is 0 Å². The molecule has 2 N–H and O–H groups in total. The molecule has 0 aromatic heterocycles. The van der Waals surface area contributed by atoms with Gasteiger partial charge in [-0.15, -0.1) is 0 Å².